The maximum Gasteiger partial charge on any atom is 0.324 e. The van der Waals surface area contributed by atoms with Gasteiger partial charge in [0, 0.05) is 17.0 Å². The number of thiophene rings is 1. The van der Waals surface area contributed by atoms with Gasteiger partial charge < -0.3 is 5.73 Å². The van der Waals surface area contributed by atoms with Crippen LogP contribution in [-0.4, -0.2) is 4.92 Å². The van der Waals surface area contributed by atoms with Crippen molar-refractivity contribution in [2.24, 2.45) is 11.7 Å². The molecule has 0 aliphatic carbocycles. The van der Waals surface area contributed by atoms with Crippen LogP contribution in [0.4, 0.5) is 5.00 Å². The molecule has 0 radical (unpaired) electrons. The molecule has 0 saturated heterocycles. The van der Waals surface area contributed by atoms with Crippen LogP contribution in [0.1, 0.15) is 37.6 Å². The number of nitro groups is 1. The minimum absolute atomic E-state index is 0. The first-order chi connectivity index (χ1) is 7.00. The molecule has 0 unspecified atom stereocenters. The van der Waals surface area contributed by atoms with Gasteiger partial charge in [-0.05, 0) is 24.8 Å². The van der Waals surface area contributed by atoms with Gasteiger partial charge in [-0.15, -0.1) is 12.4 Å². The van der Waals surface area contributed by atoms with Crippen molar-refractivity contribution in [1.82, 2.24) is 0 Å². The molecule has 16 heavy (non-hydrogen) atoms. The van der Waals surface area contributed by atoms with Gasteiger partial charge in [0.25, 0.3) is 0 Å². The lowest BCUT2D eigenvalue weighted by Gasteiger charge is -2.10. The van der Waals surface area contributed by atoms with Gasteiger partial charge in [-0.25, -0.2) is 0 Å². The molecule has 0 fully saturated rings. The molecule has 0 saturated carbocycles. The van der Waals surface area contributed by atoms with E-state index >= 15 is 0 Å². The van der Waals surface area contributed by atoms with Crippen molar-refractivity contribution in [3.05, 3.63) is 27.1 Å². The molecule has 92 valence electrons. The minimum Gasteiger partial charge on any atom is -0.323 e. The summed E-state index contributed by atoms with van der Waals surface area (Å²) in [5, 5.41) is 10.6. The third kappa shape index (κ3) is 4.47. The van der Waals surface area contributed by atoms with Gasteiger partial charge in [0.05, 0.1) is 4.92 Å². The average molecular weight is 265 g/mol. The maximum atomic E-state index is 10.5. The summed E-state index contributed by atoms with van der Waals surface area (Å²) in [6, 6.07) is 3.22. The largest absolute Gasteiger partial charge is 0.324 e. The summed E-state index contributed by atoms with van der Waals surface area (Å²) in [6.45, 7) is 4.28. The van der Waals surface area contributed by atoms with Crippen LogP contribution in [-0.2, 0) is 0 Å². The molecule has 0 aliphatic heterocycles. The second kappa shape index (κ2) is 6.83. The fourth-order valence-corrected chi connectivity index (χ4v) is 2.15. The third-order valence-corrected chi connectivity index (χ3v) is 3.38. The zero-order chi connectivity index (χ0) is 11.4. The Bertz CT molecular complexity index is 341. The Balaban J connectivity index is 0.00000225. The standard InChI is InChI=1S/C10H16N2O2S.ClH/c1-7(2)3-4-8(11)9-5-6-10(15-9)12(13)14;/h5-8H,3-4,11H2,1-2H3;1H/t8-;/m0./s1. The Hall–Kier alpha value is -0.650. The Labute approximate surface area is 105 Å². The van der Waals surface area contributed by atoms with Crippen LogP contribution in [0, 0.1) is 16.0 Å². The summed E-state index contributed by atoms with van der Waals surface area (Å²) in [6.07, 6.45) is 1.93. The molecule has 0 spiro atoms. The molecule has 1 aromatic heterocycles. The van der Waals surface area contributed by atoms with E-state index in [1.165, 1.54) is 17.4 Å². The average Bonchev–Trinajstić information content (AvgIpc) is 2.62. The highest BCUT2D eigenvalue weighted by molar-refractivity contribution is 7.15. The molecule has 1 rings (SSSR count). The number of nitrogens with zero attached hydrogens (tertiary/aromatic N) is 1. The van der Waals surface area contributed by atoms with Crippen LogP contribution in [0.3, 0.4) is 0 Å². The molecule has 0 aliphatic rings. The number of hydrogen-bond acceptors (Lipinski definition) is 4. The van der Waals surface area contributed by atoms with Gasteiger partial charge >= 0.3 is 5.00 Å². The smallest absolute Gasteiger partial charge is 0.323 e. The highest BCUT2D eigenvalue weighted by atomic mass is 35.5. The molecule has 2 N–H and O–H groups in total. The zero-order valence-corrected chi connectivity index (χ0v) is 11.0. The lowest BCUT2D eigenvalue weighted by Crippen LogP contribution is -2.09. The molecule has 1 aromatic rings. The molecular formula is C10H17ClN2O2S. The molecule has 1 atom stereocenters. The fraction of sp³-hybridized carbons (Fsp3) is 0.600. The SMILES string of the molecule is CC(C)CC[C@H](N)c1ccc([N+](=O)[O-])s1.Cl. The second-order valence-corrected chi connectivity index (χ2v) is 5.10. The molecular weight excluding hydrogens is 248 g/mol. The summed E-state index contributed by atoms with van der Waals surface area (Å²) in [7, 11) is 0. The van der Waals surface area contributed by atoms with E-state index in [4.69, 9.17) is 5.73 Å². The topological polar surface area (TPSA) is 69.2 Å². The molecule has 0 bridgehead atoms. The van der Waals surface area contributed by atoms with Crippen LogP contribution < -0.4 is 5.73 Å². The van der Waals surface area contributed by atoms with Crippen LogP contribution in [0.2, 0.25) is 0 Å². The van der Waals surface area contributed by atoms with Crippen LogP contribution in [0.25, 0.3) is 0 Å². The van der Waals surface area contributed by atoms with Crippen molar-refractivity contribution in [3.63, 3.8) is 0 Å². The minimum atomic E-state index is -0.372. The van der Waals surface area contributed by atoms with Crippen LogP contribution in [0.15, 0.2) is 12.1 Å². The second-order valence-electron chi connectivity index (χ2n) is 4.01. The number of halogens is 1. The Morgan fingerprint density at radius 2 is 2.06 bits per heavy atom. The van der Waals surface area contributed by atoms with E-state index < -0.39 is 0 Å². The molecule has 0 aromatic carbocycles. The number of nitrogens with two attached hydrogens (primary N) is 1. The maximum absolute atomic E-state index is 10.5. The van der Waals surface area contributed by atoms with Gasteiger partial charge in [0.2, 0.25) is 0 Å². The molecule has 1 heterocycles. The van der Waals surface area contributed by atoms with Crippen molar-refractivity contribution in [3.8, 4) is 0 Å². The lowest BCUT2D eigenvalue weighted by atomic mass is 10.0. The van der Waals surface area contributed by atoms with Gasteiger partial charge in [-0.1, -0.05) is 25.2 Å². The summed E-state index contributed by atoms with van der Waals surface area (Å²) in [5.74, 6) is 0.617. The van der Waals surface area contributed by atoms with Gasteiger partial charge in [0.15, 0.2) is 0 Å². The third-order valence-electron chi connectivity index (χ3n) is 2.21. The Morgan fingerprint density at radius 1 is 1.44 bits per heavy atom. The highest BCUT2D eigenvalue weighted by Crippen LogP contribution is 2.30. The summed E-state index contributed by atoms with van der Waals surface area (Å²) in [5.41, 5.74) is 5.94. The van der Waals surface area contributed by atoms with Crippen molar-refractivity contribution in [1.29, 1.82) is 0 Å². The van der Waals surface area contributed by atoms with E-state index in [-0.39, 0.29) is 28.4 Å². The quantitative estimate of drug-likeness (QED) is 0.653. The summed E-state index contributed by atoms with van der Waals surface area (Å²) < 4.78 is 0. The normalized spacial score (nSPS) is 12.2. The number of hydrogen-bond donors (Lipinski definition) is 1. The van der Waals surface area contributed by atoms with E-state index in [1.807, 2.05) is 0 Å². The Kier molecular flexibility index (Phi) is 6.55. The fourth-order valence-electron chi connectivity index (χ4n) is 1.29. The number of rotatable bonds is 5. The van der Waals surface area contributed by atoms with Crippen molar-refractivity contribution < 1.29 is 4.92 Å². The Morgan fingerprint density at radius 3 is 2.50 bits per heavy atom. The first-order valence-corrected chi connectivity index (χ1v) is 5.82. The predicted octanol–water partition coefficient (Wildman–Crippen LogP) is 3.51. The summed E-state index contributed by atoms with van der Waals surface area (Å²) >= 11 is 1.18. The van der Waals surface area contributed by atoms with Gasteiger partial charge in [0.1, 0.15) is 0 Å². The van der Waals surface area contributed by atoms with E-state index in [0.29, 0.717) is 5.92 Å². The summed E-state index contributed by atoms with van der Waals surface area (Å²) in [4.78, 5) is 11.0. The first-order valence-electron chi connectivity index (χ1n) is 5.00. The first kappa shape index (κ1) is 15.3. The molecule has 4 nitrogen and oxygen atoms in total. The van der Waals surface area contributed by atoms with Crippen molar-refractivity contribution in [2.45, 2.75) is 32.7 Å². The molecule has 0 amide bonds. The van der Waals surface area contributed by atoms with Crippen LogP contribution in [0.5, 0.6) is 0 Å². The zero-order valence-electron chi connectivity index (χ0n) is 9.38. The van der Waals surface area contributed by atoms with Crippen molar-refractivity contribution >= 4 is 28.7 Å². The predicted molar refractivity (Wildman–Crippen MR) is 69.2 cm³/mol. The van der Waals surface area contributed by atoms with E-state index in [1.54, 1.807) is 6.07 Å². The molecule has 6 heteroatoms. The van der Waals surface area contributed by atoms with E-state index in [2.05, 4.69) is 13.8 Å². The van der Waals surface area contributed by atoms with Crippen molar-refractivity contribution in [2.75, 3.05) is 0 Å². The highest BCUT2D eigenvalue weighted by Gasteiger charge is 2.14. The van der Waals surface area contributed by atoms with Crippen LogP contribution >= 0.6 is 23.7 Å². The monoisotopic (exact) mass is 264 g/mol. The lowest BCUT2D eigenvalue weighted by molar-refractivity contribution is -0.380. The van der Waals surface area contributed by atoms with Gasteiger partial charge in [-0.2, -0.15) is 0 Å². The van der Waals surface area contributed by atoms with E-state index in [0.717, 1.165) is 17.7 Å². The van der Waals surface area contributed by atoms with Gasteiger partial charge in [-0.3, -0.25) is 10.1 Å². The van der Waals surface area contributed by atoms with E-state index in [9.17, 15) is 10.1 Å².